The lowest BCUT2D eigenvalue weighted by Crippen LogP contribution is -2.07. The number of para-hydroxylation sites is 2. The molecule has 0 unspecified atom stereocenters. The van der Waals surface area contributed by atoms with Gasteiger partial charge < -0.3 is 19.7 Å². The Morgan fingerprint density at radius 3 is 1.89 bits per heavy atom. The predicted octanol–water partition coefficient (Wildman–Crippen LogP) is 5.83. The third-order valence-electron chi connectivity index (χ3n) is 3.63. The third-order valence-corrected chi connectivity index (χ3v) is 3.63. The lowest BCUT2D eigenvalue weighted by Gasteiger charge is -2.16. The van der Waals surface area contributed by atoms with Crippen molar-refractivity contribution < 1.29 is 19.7 Å². The molecule has 0 radical (unpaired) electrons. The maximum absolute atomic E-state index is 9.11. The first kappa shape index (κ1) is 22.9. The van der Waals surface area contributed by atoms with Crippen molar-refractivity contribution in [3.05, 3.63) is 84.4 Å². The molecule has 2 N–H and O–H groups in total. The van der Waals surface area contributed by atoms with Crippen molar-refractivity contribution in [3.63, 3.8) is 0 Å². The first-order valence-electron chi connectivity index (χ1n) is 9.47. The van der Waals surface area contributed by atoms with Gasteiger partial charge >= 0.3 is 0 Å². The van der Waals surface area contributed by atoms with Crippen LogP contribution in [0.1, 0.15) is 25.8 Å². The van der Waals surface area contributed by atoms with Gasteiger partial charge in [0.25, 0.3) is 0 Å². The van der Waals surface area contributed by atoms with Crippen LogP contribution in [0, 0.1) is 0 Å². The number of phenols is 2. The summed E-state index contributed by atoms with van der Waals surface area (Å²) >= 11 is 0. The molecule has 0 amide bonds. The smallest absolute Gasteiger partial charge is 0.126 e. The minimum Gasteiger partial charge on any atom is -0.508 e. The molecule has 1 aliphatic rings. The number of phenolic OH excluding ortho intramolecular Hbond substituents is 2. The summed E-state index contributed by atoms with van der Waals surface area (Å²) in [6.07, 6.45) is 2.15. The number of ether oxygens (including phenoxy) is 2. The molecule has 1 aliphatic heterocycles. The predicted molar refractivity (Wildman–Crippen MR) is 114 cm³/mol. The highest BCUT2D eigenvalue weighted by Crippen LogP contribution is 2.27. The van der Waals surface area contributed by atoms with E-state index in [4.69, 9.17) is 19.7 Å². The Kier molecular flexibility index (Phi) is 11.4. The van der Waals surface area contributed by atoms with E-state index in [2.05, 4.69) is 0 Å². The molecule has 0 saturated heterocycles. The molecular formula is C24H30O4. The van der Waals surface area contributed by atoms with E-state index >= 15 is 0 Å². The molecule has 4 rings (SSSR count). The van der Waals surface area contributed by atoms with Crippen LogP contribution in [0.4, 0.5) is 0 Å². The molecule has 3 aromatic rings. The Balaban J connectivity index is 0.000000207. The normalized spacial score (nSPS) is 10.8. The SMILES string of the molecule is CC.COc1ccccc1.Oc1ccc2c(c1)OCCC2.Oc1ccccc1. The summed E-state index contributed by atoms with van der Waals surface area (Å²) in [5, 5.41) is 17.7. The molecule has 0 atom stereocenters. The minimum absolute atomic E-state index is 0.283. The fraction of sp³-hybridized carbons (Fsp3) is 0.250. The second-order valence-electron chi connectivity index (χ2n) is 5.60. The Labute approximate surface area is 168 Å². The first-order chi connectivity index (χ1) is 13.7. The topological polar surface area (TPSA) is 58.9 Å². The number of hydrogen-bond acceptors (Lipinski definition) is 4. The molecule has 0 spiro atoms. The van der Waals surface area contributed by atoms with Gasteiger partial charge in [0.2, 0.25) is 0 Å². The fourth-order valence-corrected chi connectivity index (χ4v) is 2.31. The van der Waals surface area contributed by atoms with Gasteiger partial charge in [-0.1, -0.05) is 56.3 Å². The van der Waals surface area contributed by atoms with Crippen molar-refractivity contribution in [3.8, 4) is 23.0 Å². The summed E-state index contributed by atoms with van der Waals surface area (Å²) in [5.41, 5.74) is 1.20. The number of benzene rings is 3. The summed E-state index contributed by atoms with van der Waals surface area (Å²) in [6.45, 7) is 4.77. The van der Waals surface area contributed by atoms with Crippen LogP contribution in [0.15, 0.2) is 78.9 Å². The van der Waals surface area contributed by atoms with Crippen LogP contribution in [-0.2, 0) is 6.42 Å². The van der Waals surface area contributed by atoms with Crippen LogP contribution in [0.2, 0.25) is 0 Å². The van der Waals surface area contributed by atoms with Gasteiger partial charge in [0.1, 0.15) is 23.0 Å². The molecule has 4 nitrogen and oxygen atoms in total. The standard InChI is InChI=1S/C9H10O2.C7H8O.C6H6O.C2H6/c10-8-4-3-7-2-1-5-11-9(7)6-8;1-8-7-5-3-2-4-6-7;7-6-4-2-1-3-5-6;1-2/h3-4,6,10H,1-2,5H2;2-6H,1H3;1-5,7H;1-2H3. The van der Waals surface area contributed by atoms with Crippen molar-refractivity contribution in [2.45, 2.75) is 26.7 Å². The fourth-order valence-electron chi connectivity index (χ4n) is 2.31. The van der Waals surface area contributed by atoms with Crippen molar-refractivity contribution in [2.24, 2.45) is 0 Å². The zero-order chi connectivity index (χ0) is 20.6. The number of aryl methyl sites for hydroxylation is 1. The molecule has 4 heteroatoms. The molecule has 0 saturated carbocycles. The Morgan fingerprint density at radius 1 is 0.786 bits per heavy atom. The van der Waals surface area contributed by atoms with Gasteiger partial charge in [-0.05, 0) is 48.7 Å². The van der Waals surface area contributed by atoms with Crippen LogP contribution in [0.25, 0.3) is 0 Å². The maximum atomic E-state index is 9.11. The van der Waals surface area contributed by atoms with E-state index in [0.717, 1.165) is 30.9 Å². The highest BCUT2D eigenvalue weighted by Gasteiger charge is 2.09. The summed E-state index contributed by atoms with van der Waals surface area (Å²) < 4.78 is 10.3. The Morgan fingerprint density at radius 2 is 1.39 bits per heavy atom. The zero-order valence-corrected chi connectivity index (χ0v) is 16.8. The van der Waals surface area contributed by atoms with Crippen molar-refractivity contribution in [1.82, 2.24) is 0 Å². The molecule has 3 aromatic carbocycles. The van der Waals surface area contributed by atoms with E-state index in [-0.39, 0.29) is 5.75 Å². The quantitative estimate of drug-likeness (QED) is 0.556. The Hall–Kier alpha value is -3.14. The van der Waals surface area contributed by atoms with E-state index in [1.807, 2.05) is 56.3 Å². The lowest BCUT2D eigenvalue weighted by atomic mass is 10.1. The largest absolute Gasteiger partial charge is 0.508 e. The average Bonchev–Trinajstić information content (AvgIpc) is 2.77. The van der Waals surface area contributed by atoms with E-state index < -0.39 is 0 Å². The number of fused-ring (bicyclic) bond motifs is 1. The number of hydrogen-bond donors (Lipinski definition) is 2. The lowest BCUT2D eigenvalue weighted by molar-refractivity contribution is 0.286. The molecule has 0 fully saturated rings. The molecule has 150 valence electrons. The minimum atomic E-state index is 0.283. The Bertz CT molecular complexity index is 758. The van der Waals surface area contributed by atoms with Crippen molar-refractivity contribution >= 4 is 0 Å². The summed E-state index contributed by atoms with van der Waals surface area (Å²) in [6, 6.07) is 23.7. The monoisotopic (exact) mass is 382 g/mol. The van der Waals surface area contributed by atoms with E-state index in [9.17, 15) is 0 Å². The van der Waals surface area contributed by atoms with Crippen LogP contribution >= 0.6 is 0 Å². The summed E-state index contributed by atoms with van der Waals surface area (Å²) in [4.78, 5) is 0. The summed E-state index contributed by atoms with van der Waals surface area (Å²) in [7, 11) is 1.66. The van der Waals surface area contributed by atoms with E-state index in [1.54, 1.807) is 43.5 Å². The summed E-state index contributed by atoms with van der Waals surface area (Å²) in [5.74, 6) is 2.36. The van der Waals surface area contributed by atoms with Gasteiger partial charge in [0.05, 0.1) is 13.7 Å². The molecular weight excluding hydrogens is 352 g/mol. The number of aromatic hydroxyl groups is 2. The molecule has 0 bridgehead atoms. The van der Waals surface area contributed by atoms with E-state index in [0.29, 0.717) is 5.75 Å². The number of rotatable bonds is 1. The number of methoxy groups -OCH3 is 1. The highest BCUT2D eigenvalue weighted by molar-refractivity contribution is 5.40. The van der Waals surface area contributed by atoms with Crippen molar-refractivity contribution in [1.29, 1.82) is 0 Å². The maximum Gasteiger partial charge on any atom is 0.126 e. The van der Waals surface area contributed by atoms with Crippen molar-refractivity contribution in [2.75, 3.05) is 13.7 Å². The molecule has 1 heterocycles. The van der Waals surface area contributed by atoms with Crippen LogP contribution in [0.5, 0.6) is 23.0 Å². The molecule has 28 heavy (non-hydrogen) atoms. The van der Waals surface area contributed by atoms with Gasteiger partial charge in [-0.3, -0.25) is 0 Å². The first-order valence-corrected chi connectivity index (χ1v) is 9.47. The second-order valence-corrected chi connectivity index (χ2v) is 5.60. The zero-order valence-electron chi connectivity index (χ0n) is 16.8. The van der Waals surface area contributed by atoms with E-state index in [1.165, 1.54) is 5.56 Å². The van der Waals surface area contributed by atoms with Crippen LogP contribution < -0.4 is 9.47 Å². The van der Waals surface area contributed by atoms with Gasteiger partial charge in [-0.25, -0.2) is 0 Å². The molecule has 0 aliphatic carbocycles. The average molecular weight is 383 g/mol. The van der Waals surface area contributed by atoms with Gasteiger partial charge in [0, 0.05) is 6.07 Å². The third kappa shape index (κ3) is 8.99. The van der Waals surface area contributed by atoms with Gasteiger partial charge in [-0.2, -0.15) is 0 Å². The van der Waals surface area contributed by atoms with Gasteiger partial charge in [-0.15, -0.1) is 0 Å². The second kappa shape index (κ2) is 14.0. The van der Waals surface area contributed by atoms with Crippen LogP contribution in [0.3, 0.4) is 0 Å². The van der Waals surface area contributed by atoms with Crippen LogP contribution in [-0.4, -0.2) is 23.9 Å². The highest BCUT2D eigenvalue weighted by atomic mass is 16.5. The van der Waals surface area contributed by atoms with Gasteiger partial charge in [0.15, 0.2) is 0 Å². The molecule has 0 aromatic heterocycles.